The lowest BCUT2D eigenvalue weighted by molar-refractivity contribution is 0.125. The number of hydrogen-bond donors (Lipinski definition) is 0. The molecule has 0 radical (unpaired) electrons. The second-order valence-corrected chi connectivity index (χ2v) is 8.47. The molecule has 0 aliphatic carbocycles. The van der Waals surface area contributed by atoms with Crippen LogP contribution < -0.4 is 0 Å². The van der Waals surface area contributed by atoms with Crippen LogP contribution in [0.4, 0.5) is 0 Å². The van der Waals surface area contributed by atoms with E-state index in [1.165, 1.54) is 45.4 Å². The average molecular weight is 292 g/mol. The van der Waals surface area contributed by atoms with Crippen molar-refractivity contribution in [2.75, 3.05) is 26.7 Å². The molecule has 112 valence electrons. The van der Waals surface area contributed by atoms with Crippen LogP contribution in [0.1, 0.15) is 36.4 Å². The van der Waals surface area contributed by atoms with E-state index in [1.807, 2.05) is 11.3 Å². The minimum Gasteiger partial charge on any atom is -0.304 e. The maximum absolute atomic E-state index is 2.75. The Morgan fingerprint density at radius 1 is 1.15 bits per heavy atom. The van der Waals surface area contributed by atoms with Crippen molar-refractivity contribution in [2.45, 2.75) is 45.7 Å². The summed E-state index contributed by atoms with van der Waals surface area (Å²) >= 11 is 2.03. The van der Waals surface area contributed by atoms with Crippen molar-refractivity contribution in [3.8, 4) is 0 Å². The second-order valence-electron chi connectivity index (χ2n) is 7.21. The zero-order valence-electron chi connectivity index (χ0n) is 13.1. The van der Waals surface area contributed by atoms with Crippen molar-refractivity contribution in [1.29, 1.82) is 0 Å². The normalized spacial score (nSPS) is 28.2. The van der Waals surface area contributed by atoms with Crippen molar-refractivity contribution >= 4 is 11.3 Å². The van der Waals surface area contributed by atoms with Gasteiger partial charge in [-0.05, 0) is 50.3 Å². The molecule has 3 heteroatoms. The fourth-order valence-electron chi connectivity index (χ4n) is 3.83. The molecule has 1 aromatic rings. The van der Waals surface area contributed by atoms with Crippen LogP contribution in [-0.2, 0) is 13.0 Å². The summed E-state index contributed by atoms with van der Waals surface area (Å²) in [5.74, 6) is 1.66. The molecule has 4 heterocycles. The largest absolute Gasteiger partial charge is 0.304 e. The Kier molecular flexibility index (Phi) is 4.49. The van der Waals surface area contributed by atoms with Gasteiger partial charge in [0.15, 0.2) is 0 Å². The van der Waals surface area contributed by atoms with Gasteiger partial charge in [0.2, 0.25) is 0 Å². The Morgan fingerprint density at radius 2 is 1.95 bits per heavy atom. The molecule has 0 spiro atoms. The van der Waals surface area contributed by atoms with E-state index in [0.29, 0.717) is 0 Å². The monoisotopic (exact) mass is 292 g/mol. The molecular weight excluding hydrogens is 264 g/mol. The van der Waals surface area contributed by atoms with Crippen molar-refractivity contribution in [1.82, 2.24) is 9.80 Å². The average Bonchev–Trinajstić information content (AvgIpc) is 2.63. The van der Waals surface area contributed by atoms with Gasteiger partial charge in [-0.3, -0.25) is 4.90 Å². The quantitative estimate of drug-likeness (QED) is 0.838. The van der Waals surface area contributed by atoms with E-state index in [9.17, 15) is 0 Å². The molecule has 0 unspecified atom stereocenters. The second kappa shape index (κ2) is 6.17. The van der Waals surface area contributed by atoms with Gasteiger partial charge in [0.05, 0.1) is 0 Å². The molecule has 0 amide bonds. The predicted octanol–water partition coefficient (Wildman–Crippen LogP) is 3.47. The molecule has 1 aromatic heterocycles. The molecule has 2 atom stereocenters. The first-order valence-electron chi connectivity index (χ1n) is 8.10. The van der Waals surface area contributed by atoms with Crippen molar-refractivity contribution in [3.05, 3.63) is 21.9 Å². The summed E-state index contributed by atoms with van der Waals surface area (Å²) in [6, 6.07) is 5.50. The Balaban J connectivity index is 1.64. The molecule has 3 saturated heterocycles. The lowest BCUT2D eigenvalue weighted by atomic mass is 9.95. The Bertz CT molecular complexity index is 440. The number of hydrogen-bond acceptors (Lipinski definition) is 3. The van der Waals surface area contributed by atoms with E-state index in [0.717, 1.165) is 17.9 Å². The first kappa shape index (κ1) is 14.6. The molecule has 3 aliphatic heterocycles. The third kappa shape index (κ3) is 3.44. The molecule has 20 heavy (non-hydrogen) atoms. The lowest BCUT2D eigenvalue weighted by Crippen LogP contribution is -2.42. The third-order valence-electron chi connectivity index (χ3n) is 4.70. The van der Waals surface area contributed by atoms with Gasteiger partial charge in [-0.2, -0.15) is 0 Å². The van der Waals surface area contributed by atoms with Crippen LogP contribution in [0.3, 0.4) is 0 Å². The van der Waals surface area contributed by atoms with E-state index < -0.39 is 0 Å². The van der Waals surface area contributed by atoms with Crippen LogP contribution in [0.15, 0.2) is 12.1 Å². The minimum atomic E-state index is 0.768. The maximum atomic E-state index is 2.75. The summed E-state index contributed by atoms with van der Waals surface area (Å²) in [6.07, 6.45) is 4.08. The first-order chi connectivity index (χ1) is 9.60. The van der Waals surface area contributed by atoms with Gasteiger partial charge in [-0.15, -0.1) is 11.3 Å². The standard InChI is InChI=1S/C17H28N2S/c1-13(2)8-16-6-7-17(20-16)12-19-10-14-4-5-15(19)11-18(3)9-14/h6-7,13-15H,4-5,8-12H2,1-3H3/t14-,15+/m1/s1. The van der Waals surface area contributed by atoms with E-state index in [2.05, 4.69) is 42.8 Å². The van der Waals surface area contributed by atoms with Crippen LogP contribution in [0.2, 0.25) is 0 Å². The number of thiophene rings is 1. The number of piperidine rings is 1. The Labute approximate surface area is 127 Å². The topological polar surface area (TPSA) is 6.48 Å². The number of fused-ring (bicyclic) bond motifs is 4. The van der Waals surface area contributed by atoms with Gasteiger partial charge in [0.1, 0.15) is 0 Å². The predicted molar refractivity (Wildman–Crippen MR) is 87.3 cm³/mol. The highest BCUT2D eigenvalue weighted by molar-refractivity contribution is 7.11. The van der Waals surface area contributed by atoms with Gasteiger partial charge in [0.25, 0.3) is 0 Å². The van der Waals surface area contributed by atoms with E-state index in [4.69, 9.17) is 0 Å². The van der Waals surface area contributed by atoms with Crippen molar-refractivity contribution < 1.29 is 0 Å². The highest BCUT2D eigenvalue weighted by atomic mass is 32.1. The van der Waals surface area contributed by atoms with Gasteiger partial charge >= 0.3 is 0 Å². The first-order valence-corrected chi connectivity index (χ1v) is 8.92. The molecule has 0 N–H and O–H groups in total. The molecule has 0 aromatic carbocycles. The van der Waals surface area contributed by atoms with Crippen LogP contribution in [-0.4, -0.2) is 42.5 Å². The highest BCUT2D eigenvalue weighted by Gasteiger charge is 2.33. The minimum absolute atomic E-state index is 0.768. The highest BCUT2D eigenvalue weighted by Crippen LogP contribution is 2.30. The van der Waals surface area contributed by atoms with E-state index in [-0.39, 0.29) is 0 Å². The number of rotatable bonds is 4. The maximum Gasteiger partial charge on any atom is 0.0331 e. The number of likely N-dealkylation sites (N-methyl/N-ethyl adjacent to an activating group) is 1. The van der Waals surface area contributed by atoms with Gasteiger partial charge in [-0.1, -0.05) is 13.8 Å². The van der Waals surface area contributed by atoms with Crippen molar-refractivity contribution in [3.63, 3.8) is 0 Å². The lowest BCUT2D eigenvalue weighted by Gasteiger charge is -2.35. The summed E-state index contributed by atoms with van der Waals surface area (Å²) in [6.45, 7) is 9.67. The fraction of sp³-hybridized carbons (Fsp3) is 0.765. The Hall–Kier alpha value is -0.380. The van der Waals surface area contributed by atoms with E-state index in [1.54, 1.807) is 9.75 Å². The summed E-state index contributed by atoms with van der Waals surface area (Å²) in [7, 11) is 2.29. The summed E-state index contributed by atoms with van der Waals surface area (Å²) in [5, 5.41) is 0. The van der Waals surface area contributed by atoms with Crippen LogP contribution in [0, 0.1) is 11.8 Å². The molecule has 2 nitrogen and oxygen atoms in total. The smallest absolute Gasteiger partial charge is 0.0331 e. The third-order valence-corrected chi connectivity index (χ3v) is 5.79. The van der Waals surface area contributed by atoms with Crippen LogP contribution >= 0.6 is 11.3 Å². The van der Waals surface area contributed by atoms with E-state index >= 15 is 0 Å². The van der Waals surface area contributed by atoms with Crippen LogP contribution in [0.25, 0.3) is 0 Å². The number of nitrogens with zero attached hydrogens (tertiary/aromatic N) is 2. The molecule has 2 bridgehead atoms. The zero-order valence-corrected chi connectivity index (χ0v) is 14.0. The van der Waals surface area contributed by atoms with Gasteiger partial charge in [-0.25, -0.2) is 0 Å². The van der Waals surface area contributed by atoms with Gasteiger partial charge in [0, 0.05) is 42.0 Å². The SMILES string of the molecule is CC(C)Cc1ccc(CN2C[C@@H]3CC[C@H]2CN(C)C3)s1. The zero-order chi connectivity index (χ0) is 14.1. The van der Waals surface area contributed by atoms with Gasteiger partial charge < -0.3 is 4.90 Å². The van der Waals surface area contributed by atoms with Crippen molar-refractivity contribution in [2.24, 2.45) is 11.8 Å². The molecule has 3 fully saturated rings. The summed E-state index contributed by atoms with van der Waals surface area (Å²) < 4.78 is 0. The molecular formula is C17H28N2S. The molecule has 4 rings (SSSR count). The Morgan fingerprint density at radius 3 is 2.75 bits per heavy atom. The van der Waals surface area contributed by atoms with Crippen LogP contribution in [0.5, 0.6) is 0 Å². The molecule has 3 aliphatic rings. The summed E-state index contributed by atoms with van der Waals surface area (Å²) in [5.41, 5.74) is 0. The molecule has 0 saturated carbocycles. The fourth-order valence-corrected chi connectivity index (χ4v) is 5.08. The summed E-state index contributed by atoms with van der Waals surface area (Å²) in [4.78, 5) is 8.42.